The average Bonchev–Trinajstić information content (AvgIpc) is 3.05. The van der Waals surface area contributed by atoms with Gasteiger partial charge in [0.15, 0.2) is 0 Å². The summed E-state index contributed by atoms with van der Waals surface area (Å²) in [6.07, 6.45) is -0.242. The molecule has 4 amide bonds. The van der Waals surface area contributed by atoms with Gasteiger partial charge in [-0.3, -0.25) is 9.59 Å². The molecule has 0 radical (unpaired) electrons. The standard InChI is InChI=1S/C26H24FN3O4/c1-17-6-12-21(13-7-17)30-25(32)23(15-24(31)28-20-10-8-19(27)9-11-20)29(26(30)33)16-18-4-3-5-22(14-18)34-2/h3-14,23H,15-16H2,1-2H3,(H,28,31). The van der Waals surface area contributed by atoms with Crippen molar-refractivity contribution in [2.24, 2.45) is 0 Å². The number of ether oxygens (including phenoxy) is 1. The van der Waals surface area contributed by atoms with Gasteiger partial charge >= 0.3 is 6.03 Å². The fraction of sp³-hybridized carbons (Fsp3) is 0.192. The summed E-state index contributed by atoms with van der Waals surface area (Å²) in [4.78, 5) is 42.0. The molecule has 8 heteroatoms. The zero-order chi connectivity index (χ0) is 24.2. The molecule has 1 unspecified atom stereocenters. The maximum absolute atomic E-state index is 13.4. The number of nitrogens with zero attached hydrogens (tertiary/aromatic N) is 2. The van der Waals surface area contributed by atoms with Crippen molar-refractivity contribution < 1.29 is 23.5 Å². The predicted octanol–water partition coefficient (Wildman–Crippen LogP) is 4.51. The van der Waals surface area contributed by atoms with Crippen LogP contribution in [0.25, 0.3) is 0 Å². The number of urea groups is 1. The van der Waals surface area contributed by atoms with Gasteiger partial charge in [0.1, 0.15) is 17.6 Å². The summed E-state index contributed by atoms with van der Waals surface area (Å²) in [5, 5.41) is 2.66. The Morgan fingerprint density at radius 2 is 1.74 bits per heavy atom. The second kappa shape index (κ2) is 9.74. The van der Waals surface area contributed by atoms with E-state index in [0.717, 1.165) is 16.0 Å². The number of halogens is 1. The van der Waals surface area contributed by atoms with E-state index >= 15 is 0 Å². The van der Waals surface area contributed by atoms with Gasteiger partial charge in [-0.15, -0.1) is 0 Å². The lowest BCUT2D eigenvalue weighted by Gasteiger charge is -2.22. The number of methoxy groups -OCH3 is 1. The van der Waals surface area contributed by atoms with E-state index in [4.69, 9.17) is 4.74 Å². The van der Waals surface area contributed by atoms with Crippen molar-refractivity contribution >= 4 is 29.2 Å². The highest BCUT2D eigenvalue weighted by Crippen LogP contribution is 2.29. The lowest BCUT2D eigenvalue weighted by molar-refractivity contribution is -0.124. The number of benzene rings is 3. The summed E-state index contributed by atoms with van der Waals surface area (Å²) in [7, 11) is 1.55. The number of imide groups is 1. The Kier molecular flexibility index (Phi) is 6.58. The molecule has 34 heavy (non-hydrogen) atoms. The molecule has 1 heterocycles. The Labute approximate surface area is 196 Å². The van der Waals surface area contributed by atoms with E-state index in [1.165, 1.54) is 29.2 Å². The molecule has 0 aliphatic carbocycles. The van der Waals surface area contributed by atoms with Crippen molar-refractivity contribution in [1.82, 2.24) is 4.90 Å². The molecule has 3 aromatic carbocycles. The third kappa shape index (κ3) is 4.91. The van der Waals surface area contributed by atoms with Crippen LogP contribution >= 0.6 is 0 Å². The number of carbonyl (C=O) groups excluding carboxylic acids is 3. The molecule has 174 valence electrons. The summed E-state index contributed by atoms with van der Waals surface area (Å²) >= 11 is 0. The van der Waals surface area contributed by atoms with Crippen molar-refractivity contribution in [3.8, 4) is 5.75 Å². The van der Waals surface area contributed by atoms with Crippen LogP contribution in [0.5, 0.6) is 5.75 Å². The van der Waals surface area contributed by atoms with E-state index in [1.54, 1.807) is 37.4 Å². The van der Waals surface area contributed by atoms with Crippen LogP contribution in [0.3, 0.4) is 0 Å². The summed E-state index contributed by atoms with van der Waals surface area (Å²) in [6.45, 7) is 2.04. The second-order valence-electron chi connectivity index (χ2n) is 8.05. The molecule has 0 saturated carbocycles. The Morgan fingerprint density at radius 1 is 1.03 bits per heavy atom. The SMILES string of the molecule is COc1cccc(CN2C(=O)N(c3ccc(C)cc3)C(=O)C2CC(=O)Nc2ccc(F)cc2)c1. The third-order valence-corrected chi connectivity index (χ3v) is 5.60. The Balaban J connectivity index is 1.61. The highest BCUT2D eigenvalue weighted by molar-refractivity contribution is 6.22. The Bertz CT molecular complexity index is 1210. The summed E-state index contributed by atoms with van der Waals surface area (Å²) in [6, 6.07) is 18.0. The van der Waals surface area contributed by atoms with E-state index in [9.17, 15) is 18.8 Å². The first-order chi connectivity index (χ1) is 16.4. The fourth-order valence-corrected chi connectivity index (χ4v) is 3.83. The predicted molar refractivity (Wildman–Crippen MR) is 126 cm³/mol. The quantitative estimate of drug-likeness (QED) is 0.525. The first kappa shape index (κ1) is 23.0. The minimum atomic E-state index is -1.000. The largest absolute Gasteiger partial charge is 0.497 e. The molecule has 0 spiro atoms. The molecule has 7 nitrogen and oxygen atoms in total. The van der Waals surface area contributed by atoms with Crippen LogP contribution in [0.15, 0.2) is 72.8 Å². The summed E-state index contributed by atoms with van der Waals surface area (Å²) in [5.74, 6) is -0.741. The van der Waals surface area contributed by atoms with Crippen LogP contribution in [0.4, 0.5) is 20.6 Å². The molecule has 1 fully saturated rings. The third-order valence-electron chi connectivity index (χ3n) is 5.60. The zero-order valence-electron chi connectivity index (χ0n) is 18.8. The number of hydrogen-bond acceptors (Lipinski definition) is 4. The van der Waals surface area contributed by atoms with Crippen molar-refractivity contribution in [1.29, 1.82) is 0 Å². The van der Waals surface area contributed by atoms with Gasteiger partial charge in [-0.2, -0.15) is 0 Å². The van der Waals surface area contributed by atoms with Gasteiger partial charge in [0, 0.05) is 12.2 Å². The van der Waals surface area contributed by atoms with E-state index < -0.39 is 29.7 Å². The first-order valence-corrected chi connectivity index (χ1v) is 10.8. The fourth-order valence-electron chi connectivity index (χ4n) is 3.83. The molecule has 1 aliphatic rings. The van der Waals surface area contributed by atoms with Crippen LogP contribution in [0.1, 0.15) is 17.5 Å². The van der Waals surface area contributed by atoms with Crippen molar-refractivity contribution in [2.75, 3.05) is 17.3 Å². The molecule has 0 bridgehead atoms. The van der Waals surface area contributed by atoms with Gasteiger partial charge < -0.3 is 15.0 Å². The maximum atomic E-state index is 13.4. The van der Waals surface area contributed by atoms with E-state index in [1.807, 2.05) is 25.1 Å². The molecule has 1 aliphatic heterocycles. The van der Waals surface area contributed by atoms with Crippen LogP contribution < -0.4 is 15.0 Å². The monoisotopic (exact) mass is 461 g/mol. The highest BCUT2D eigenvalue weighted by atomic mass is 19.1. The van der Waals surface area contributed by atoms with E-state index in [0.29, 0.717) is 17.1 Å². The van der Waals surface area contributed by atoms with Crippen molar-refractivity contribution in [3.05, 3.63) is 89.7 Å². The van der Waals surface area contributed by atoms with Crippen molar-refractivity contribution in [2.45, 2.75) is 25.9 Å². The van der Waals surface area contributed by atoms with Crippen LogP contribution in [-0.2, 0) is 16.1 Å². The van der Waals surface area contributed by atoms with E-state index in [-0.39, 0.29) is 13.0 Å². The molecule has 0 aromatic heterocycles. The highest BCUT2D eigenvalue weighted by Gasteiger charge is 2.46. The molecular weight excluding hydrogens is 437 g/mol. The smallest absolute Gasteiger partial charge is 0.332 e. The van der Waals surface area contributed by atoms with Crippen LogP contribution in [0.2, 0.25) is 0 Å². The number of rotatable bonds is 7. The lowest BCUT2D eigenvalue weighted by Crippen LogP contribution is -2.37. The maximum Gasteiger partial charge on any atom is 0.332 e. The number of nitrogens with one attached hydrogen (secondary N) is 1. The molecule has 1 N–H and O–H groups in total. The molecule has 3 aromatic rings. The number of aryl methyl sites for hydroxylation is 1. The van der Waals surface area contributed by atoms with Gasteiger partial charge in [0.25, 0.3) is 5.91 Å². The van der Waals surface area contributed by atoms with Gasteiger partial charge in [-0.25, -0.2) is 14.1 Å². The summed E-state index contributed by atoms with van der Waals surface area (Å²) < 4.78 is 18.4. The summed E-state index contributed by atoms with van der Waals surface area (Å²) in [5.41, 5.74) is 2.59. The van der Waals surface area contributed by atoms with Gasteiger partial charge in [0.2, 0.25) is 5.91 Å². The Morgan fingerprint density at radius 3 is 2.41 bits per heavy atom. The topological polar surface area (TPSA) is 79.0 Å². The minimum absolute atomic E-state index is 0.124. The van der Waals surface area contributed by atoms with Gasteiger partial charge in [-0.1, -0.05) is 29.8 Å². The van der Waals surface area contributed by atoms with Gasteiger partial charge in [-0.05, 0) is 61.0 Å². The number of amides is 4. The minimum Gasteiger partial charge on any atom is -0.497 e. The number of carbonyl (C=O) groups is 3. The molecule has 1 saturated heterocycles. The Hall–Kier alpha value is -4.20. The van der Waals surface area contributed by atoms with Gasteiger partial charge in [0.05, 0.1) is 19.2 Å². The lowest BCUT2D eigenvalue weighted by atomic mass is 10.1. The second-order valence-corrected chi connectivity index (χ2v) is 8.05. The van der Waals surface area contributed by atoms with Crippen molar-refractivity contribution in [3.63, 3.8) is 0 Å². The van der Waals surface area contributed by atoms with E-state index in [2.05, 4.69) is 5.32 Å². The first-order valence-electron chi connectivity index (χ1n) is 10.8. The zero-order valence-corrected chi connectivity index (χ0v) is 18.8. The average molecular weight is 461 g/mol. The number of anilines is 2. The van der Waals surface area contributed by atoms with Crippen LogP contribution in [0, 0.1) is 12.7 Å². The normalized spacial score (nSPS) is 15.6. The number of hydrogen-bond donors (Lipinski definition) is 1. The molecule has 4 rings (SSSR count). The van der Waals surface area contributed by atoms with Crippen LogP contribution in [-0.4, -0.2) is 35.9 Å². The molecule has 1 atom stereocenters. The molecular formula is C26H24FN3O4.